The molecule has 92 valence electrons. The first-order valence-electron chi connectivity index (χ1n) is 5.60. The van der Waals surface area contributed by atoms with Gasteiger partial charge in [0.05, 0.1) is 17.8 Å². The van der Waals surface area contributed by atoms with Gasteiger partial charge in [0.15, 0.2) is 0 Å². The van der Waals surface area contributed by atoms with Gasteiger partial charge in [0.25, 0.3) is 0 Å². The zero-order chi connectivity index (χ0) is 12.3. The number of ether oxygens (including phenoxy) is 1. The van der Waals surface area contributed by atoms with E-state index in [0.717, 1.165) is 25.9 Å². The average Bonchev–Trinajstić information content (AvgIpc) is 2.85. The fraction of sp³-hybridized carbons (Fsp3) is 0.417. The van der Waals surface area contributed by atoms with E-state index in [1.165, 1.54) is 0 Å². The number of nitrogens with zero attached hydrogens (tertiary/aromatic N) is 1. The molecule has 0 spiro atoms. The number of hydrogen-bond acceptors (Lipinski definition) is 2. The molecule has 0 radical (unpaired) electrons. The van der Waals surface area contributed by atoms with E-state index >= 15 is 0 Å². The number of carbonyl (C=O) groups excluding carboxylic acids is 1. The Morgan fingerprint density at radius 2 is 2.12 bits per heavy atom. The molecule has 1 aliphatic heterocycles. The standard InChI is InChI=1S/C12H15ClN2O2/c1-17-9-4-5-11(10(13)8-9)14-12(16)15-6-2-3-7-15/h4-5,8H,2-3,6-7H2,1H3,(H,14,16). The van der Waals surface area contributed by atoms with Crippen molar-refractivity contribution in [1.29, 1.82) is 0 Å². The van der Waals surface area contributed by atoms with Crippen molar-refractivity contribution in [3.63, 3.8) is 0 Å². The summed E-state index contributed by atoms with van der Waals surface area (Å²) < 4.78 is 5.05. The molecule has 1 heterocycles. The number of anilines is 1. The number of nitrogens with one attached hydrogen (secondary N) is 1. The normalized spacial score (nSPS) is 14.8. The molecule has 4 nitrogen and oxygen atoms in total. The second-order valence-corrected chi connectivity index (χ2v) is 4.38. The summed E-state index contributed by atoms with van der Waals surface area (Å²) in [7, 11) is 1.58. The van der Waals surface area contributed by atoms with Crippen LogP contribution in [0.5, 0.6) is 5.75 Å². The molecule has 0 aromatic heterocycles. The summed E-state index contributed by atoms with van der Waals surface area (Å²) in [5.41, 5.74) is 0.615. The van der Waals surface area contributed by atoms with Crippen LogP contribution in [-0.2, 0) is 0 Å². The molecular weight excluding hydrogens is 240 g/mol. The fourth-order valence-electron chi connectivity index (χ4n) is 1.84. The number of likely N-dealkylation sites (tertiary alicyclic amines) is 1. The van der Waals surface area contributed by atoms with Gasteiger partial charge >= 0.3 is 6.03 Å². The highest BCUT2D eigenvalue weighted by Gasteiger charge is 2.18. The zero-order valence-electron chi connectivity index (χ0n) is 9.70. The summed E-state index contributed by atoms with van der Waals surface area (Å²) in [5, 5.41) is 3.29. The maximum atomic E-state index is 11.8. The number of benzene rings is 1. The highest BCUT2D eigenvalue weighted by atomic mass is 35.5. The fourth-order valence-corrected chi connectivity index (χ4v) is 2.06. The van der Waals surface area contributed by atoms with Crippen molar-refractivity contribution in [2.75, 3.05) is 25.5 Å². The van der Waals surface area contributed by atoms with Gasteiger partial charge in [-0.05, 0) is 25.0 Å². The SMILES string of the molecule is COc1ccc(NC(=O)N2CCCC2)c(Cl)c1. The first-order valence-corrected chi connectivity index (χ1v) is 5.98. The highest BCUT2D eigenvalue weighted by molar-refractivity contribution is 6.33. The van der Waals surface area contributed by atoms with Crippen molar-refractivity contribution in [3.8, 4) is 5.75 Å². The molecule has 0 bridgehead atoms. The van der Waals surface area contributed by atoms with E-state index in [4.69, 9.17) is 16.3 Å². The molecule has 1 aromatic carbocycles. The van der Waals surface area contributed by atoms with Crippen LogP contribution in [0, 0.1) is 0 Å². The topological polar surface area (TPSA) is 41.6 Å². The monoisotopic (exact) mass is 254 g/mol. The van der Waals surface area contributed by atoms with Crippen LogP contribution in [0.15, 0.2) is 18.2 Å². The predicted octanol–water partition coefficient (Wildman–Crippen LogP) is 2.98. The Labute approximate surface area is 106 Å². The van der Waals surface area contributed by atoms with Gasteiger partial charge in [0, 0.05) is 19.2 Å². The van der Waals surface area contributed by atoms with Gasteiger partial charge in [-0.25, -0.2) is 4.79 Å². The van der Waals surface area contributed by atoms with Crippen LogP contribution in [0.3, 0.4) is 0 Å². The first-order chi connectivity index (χ1) is 8.20. The van der Waals surface area contributed by atoms with E-state index in [1.807, 2.05) is 0 Å². The van der Waals surface area contributed by atoms with Crippen molar-refractivity contribution in [1.82, 2.24) is 4.90 Å². The average molecular weight is 255 g/mol. The lowest BCUT2D eigenvalue weighted by Gasteiger charge is -2.17. The molecule has 1 aromatic rings. The largest absolute Gasteiger partial charge is 0.497 e. The number of carbonyl (C=O) groups is 1. The lowest BCUT2D eigenvalue weighted by molar-refractivity contribution is 0.222. The van der Waals surface area contributed by atoms with Crippen molar-refractivity contribution in [2.45, 2.75) is 12.8 Å². The van der Waals surface area contributed by atoms with Gasteiger partial charge in [0.2, 0.25) is 0 Å². The van der Waals surface area contributed by atoms with Crippen LogP contribution in [0.2, 0.25) is 5.02 Å². The summed E-state index contributed by atoms with van der Waals surface area (Å²) in [6.45, 7) is 1.64. The molecule has 2 rings (SSSR count). The Morgan fingerprint density at radius 1 is 1.41 bits per heavy atom. The third-order valence-electron chi connectivity index (χ3n) is 2.81. The third-order valence-corrected chi connectivity index (χ3v) is 3.12. The van der Waals surface area contributed by atoms with E-state index < -0.39 is 0 Å². The first kappa shape index (κ1) is 12.0. The van der Waals surface area contributed by atoms with E-state index in [0.29, 0.717) is 16.5 Å². The predicted molar refractivity (Wildman–Crippen MR) is 67.8 cm³/mol. The van der Waals surface area contributed by atoms with Crippen LogP contribution in [-0.4, -0.2) is 31.1 Å². The number of urea groups is 1. The van der Waals surface area contributed by atoms with E-state index in [9.17, 15) is 4.79 Å². The number of amides is 2. The molecule has 1 N–H and O–H groups in total. The van der Waals surface area contributed by atoms with Crippen LogP contribution < -0.4 is 10.1 Å². The van der Waals surface area contributed by atoms with Gasteiger partial charge in [-0.2, -0.15) is 0 Å². The molecule has 1 saturated heterocycles. The lowest BCUT2D eigenvalue weighted by atomic mass is 10.3. The Balaban J connectivity index is 2.05. The molecule has 2 amide bonds. The van der Waals surface area contributed by atoms with Crippen LogP contribution in [0.4, 0.5) is 10.5 Å². The van der Waals surface area contributed by atoms with Gasteiger partial charge in [-0.1, -0.05) is 11.6 Å². The van der Waals surface area contributed by atoms with Gasteiger partial charge < -0.3 is 15.0 Å². The molecule has 0 saturated carbocycles. The molecule has 17 heavy (non-hydrogen) atoms. The Morgan fingerprint density at radius 3 is 2.71 bits per heavy atom. The Bertz CT molecular complexity index is 417. The van der Waals surface area contributed by atoms with E-state index in [1.54, 1.807) is 30.2 Å². The van der Waals surface area contributed by atoms with Crippen molar-refractivity contribution in [2.24, 2.45) is 0 Å². The highest BCUT2D eigenvalue weighted by Crippen LogP contribution is 2.27. The second-order valence-electron chi connectivity index (χ2n) is 3.97. The molecule has 0 unspecified atom stereocenters. The van der Waals surface area contributed by atoms with Crippen molar-refractivity contribution < 1.29 is 9.53 Å². The smallest absolute Gasteiger partial charge is 0.321 e. The summed E-state index contributed by atoms with van der Waals surface area (Å²) in [6.07, 6.45) is 2.15. The Kier molecular flexibility index (Phi) is 3.74. The van der Waals surface area contributed by atoms with Crippen LogP contribution in [0.25, 0.3) is 0 Å². The Hall–Kier alpha value is -1.42. The lowest BCUT2D eigenvalue weighted by Crippen LogP contribution is -2.32. The van der Waals surface area contributed by atoms with E-state index in [-0.39, 0.29) is 6.03 Å². The summed E-state index contributed by atoms with van der Waals surface area (Å²) in [4.78, 5) is 13.6. The van der Waals surface area contributed by atoms with Crippen molar-refractivity contribution >= 4 is 23.3 Å². The van der Waals surface area contributed by atoms with Gasteiger partial charge in [0.1, 0.15) is 5.75 Å². The van der Waals surface area contributed by atoms with E-state index in [2.05, 4.69) is 5.32 Å². The molecule has 1 aliphatic rings. The quantitative estimate of drug-likeness (QED) is 0.882. The second kappa shape index (κ2) is 5.27. The number of halogens is 1. The number of hydrogen-bond donors (Lipinski definition) is 1. The summed E-state index contributed by atoms with van der Waals surface area (Å²) in [6, 6.07) is 5.11. The molecule has 0 aliphatic carbocycles. The van der Waals surface area contributed by atoms with Crippen molar-refractivity contribution in [3.05, 3.63) is 23.2 Å². The maximum absolute atomic E-state index is 11.8. The molecular formula is C12H15ClN2O2. The maximum Gasteiger partial charge on any atom is 0.321 e. The van der Waals surface area contributed by atoms with Gasteiger partial charge in [-0.15, -0.1) is 0 Å². The third kappa shape index (κ3) is 2.82. The van der Waals surface area contributed by atoms with Gasteiger partial charge in [-0.3, -0.25) is 0 Å². The minimum absolute atomic E-state index is 0.0884. The zero-order valence-corrected chi connectivity index (χ0v) is 10.5. The van der Waals surface area contributed by atoms with Crippen LogP contribution >= 0.6 is 11.6 Å². The molecule has 0 atom stereocenters. The molecule has 5 heteroatoms. The number of methoxy groups -OCH3 is 1. The summed E-state index contributed by atoms with van der Waals surface area (Å²) in [5.74, 6) is 0.675. The summed E-state index contributed by atoms with van der Waals surface area (Å²) >= 11 is 6.05. The van der Waals surface area contributed by atoms with Crippen LogP contribution in [0.1, 0.15) is 12.8 Å². The minimum atomic E-state index is -0.0884. The molecule has 1 fully saturated rings. The minimum Gasteiger partial charge on any atom is -0.497 e. The number of rotatable bonds is 2.